The first-order valence-electron chi connectivity index (χ1n) is 7.77. The first-order valence-corrected chi connectivity index (χ1v) is 7.77. The summed E-state index contributed by atoms with van der Waals surface area (Å²) in [7, 11) is 1.60. The molecule has 9 heteroatoms. The second-order valence-electron chi connectivity index (χ2n) is 5.68. The number of methoxy groups -OCH3 is 1. The lowest BCUT2D eigenvalue weighted by atomic mass is 10.2. The first kappa shape index (κ1) is 15.8. The number of benzene rings is 2. The highest BCUT2D eigenvalue weighted by Crippen LogP contribution is 2.29. The van der Waals surface area contributed by atoms with Crippen molar-refractivity contribution >= 4 is 16.6 Å². The Kier molecular flexibility index (Phi) is 3.81. The average Bonchev–Trinajstić information content (AvgIpc) is 3.32. The van der Waals surface area contributed by atoms with E-state index in [2.05, 4.69) is 15.3 Å². The highest BCUT2D eigenvalue weighted by Gasteiger charge is 2.19. The van der Waals surface area contributed by atoms with Crippen LogP contribution in [0.2, 0.25) is 0 Å². The third-order valence-corrected chi connectivity index (χ3v) is 4.10. The summed E-state index contributed by atoms with van der Waals surface area (Å²) >= 11 is 0. The molecule has 4 aromatic rings. The van der Waals surface area contributed by atoms with Crippen LogP contribution in [0.1, 0.15) is 5.56 Å². The lowest BCUT2D eigenvalue weighted by Crippen LogP contribution is -2.04. The highest BCUT2D eigenvalue weighted by atomic mass is 16.6. The molecule has 9 nitrogen and oxygen atoms in total. The van der Waals surface area contributed by atoms with E-state index in [1.54, 1.807) is 22.6 Å². The molecule has 0 aliphatic heterocycles. The Morgan fingerprint density at radius 2 is 1.88 bits per heavy atom. The van der Waals surface area contributed by atoms with Gasteiger partial charge in [0.1, 0.15) is 23.9 Å². The Morgan fingerprint density at radius 1 is 1.15 bits per heavy atom. The number of hydrogen-bond acceptors (Lipinski definition) is 6. The molecule has 0 saturated heterocycles. The predicted octanol–water partition coefficient (Wildman–Crippen LogP) is 2.58. The lowest BCUT2D eigenvalue weighted by molar-refractivity contribution is -0.383. The van der Waals surface area contributed by atoms with Gasteiger partial charge in [0.05, 0.1) is 30.5 Å². The summed E-state index contributed by atoms with van der Waals surface area (Å²) in [5.74, 6) is 0.753. The Hall–Kier alpha value is -3.75. The van der Waals surface area contributed by atoms with E-state index < -0.39 is 4.92 Å². The molecule has 0 amide bonds. The number of fused-ring (bicyclic) bond motifs is 1. The standard InChI is InChI=1S/C17H14N6O3/c1-26-15-4-2-12(3-5-15)9-22-17-13(8-20-22)6-14(7-16(17)23(24)25)21-10-18-19-11-21/h2-8,10-11H,9H2,1H3. The van der Waals surface area contributed by atoms with Crippen LogP contribution in [-0.4, -0.2) is 36.6 Å². The minimum absolute atomic E-state index is 0.0165. The molecule has 0 N–H and O–H groups in total. The van der Waals surface area contributed by atoms with Gasteiger partial charge in [0.25, 0.3) is 5.69 Å². The maximum atomic E-state index is 11.6. The van der Waals surface area contributed by atoms with Gasteiger partial charge in [-0.15, -0.1) is 10.2 Å². The molecule has 0 spiro atoms. The number of aromatic nitrogens is 5. The van der Waals surface area contributed by atoms with E-state index in [1.807, 2.05) is 30.3 Å². The van der Waals surface area contributed by atoms with Crippen molar-refractivity contribution in [3.63, 3.8) is 0 Å². The topological polar surface area (TPSA) is 101 Å². The van der Waals surface area contributed by atoms with Crippen molar-refractivity contribution in [3.05, 3.63) is 70.9 Å². The van der Waals surface area contributed by atoms with Crippen LogP contribution in [0.4, 0.5) is 5.69 Å². The van der Waals surface area contributed by atoms with Gasteiger partial charge in [0.2, 0.25) is 0 Å². The zero-order valence-electron chi connectivity index (χ0n) is 13.8. The number of hydrogen-bond donors (Lipinski definition) is 0. The summed E-state index contributed by atoms with van der Waals surface area (Å²) in [5, 5.41) is 24.1. The zero-order valence-corrected chi connectivity index (χ0v) is 13.8. The normalized spacial score (nSPS) is 11.0. The van der Waals surface area contributed by atoms with E-state index in [4.69, 9.17) is 4.74 Å². The third kappa shape index (κ3) is 2.75. The Bertz CT molecular complexity index is 1070. The first-order chi connectivity index (χ1) is 12.7. The van der Waals surface area contributed by atoms with E-state index >= 15 is 0 Å². The van der Waals surface area contributed by atoms with Crippen LogP contribution < -0.4 is 4.74 Å². The van der Waals surface area contributed by atoms with Crippen LogP contribution in [0.3, 0.4) is 0 Å². The van der Waals surface area contributed by atoms with Gasteiger partial charge in [-0.25, -0.2) is 0 Å². The summed E-state index contributed by atoms with van der Waals surface area (Å²) in [6.45, 7) is 0.417. The summed E-state index contributed by atoms with van der Waals surface area (Å²) < 4.78 is 8.40. The van der Waals surface area contributed by atoms with Gasteiger partial charge in [-0.2, -0.15) is 5.10 Å². The number of nitro groups is 1. The summed E-state index contributed by atoms with van der Waals surface area (Å²) in [6.07, 6.45) is 4.61. The quantitative estimate of drug-likeness (QED) is 0.405. The van der Waals surface area contributed by atoms with E-state index in [9.17, 15) is 10.1 Å². The molecular weight excluding hydrogens is 336 g/mol. The molecule has 0 aliphatic rings. The van der Waals surface area contributed by atoms with Crippen molar-refractivity contribution in [1.82, 2.24) is 24.5 Å². The predicted molar refractivity (Wildman–Crippen MR) is 93.4 cm³/mol. The fraction of sp³-hybridized carbons (Fsp3) is 0.118. The molecule has 0 saturated carbocycles. The van der Waals surface area contributed by atoms with Gasteiger partial charge in [0, 0.05) is 11.5 Å². The number of ether oxygens (including phenoxy) is 1. The number of nitrogens with zero attached hydrogens (tertiary/aromatic N) is 6. The van der Waals surface area contributed by atoms with Gasteiger partial charge in [0.15, 0.2) is 0 Å². The van der Waals surface area contributed by atoms with E-state index in [0.717, 1.165) is 11.3 Å². The van der Waals surface area contributed by atoms with Crippen molar-refractivity contribution in [2.75, 3.05) is 7.11 Å². The van der Waals surface area contributed by atoms with Crippen LogP contribution in [0.25, 0.3) is 16.6 Å². The van der Waals surface area contributed by atoms with E-state index in [-0.39, 0.29) is 5.69 Å². The lowest BCUT2D eigenvalue weighted by Gasteiger charge is -2.07. The van der Waals surface area contributed by atoms with Crippen molar-refractivity contribution in [2.45, 2.75) is 6.54 Å². The van der Waals surface area contributed by atoms with E-state index in [1.165, 1.54) is 18.7 Å². The second kappa shape index (κ2) is 6.28. The van der Waals surface area contributed by atoms with Crippen molar-refractivity contribution in [1.29, 1.82) is 0 Å². The zero-order chi connectivity index (χ0) is 18.1. The van der Waals surface area contributed by atoms with Gasteiger partial charge >= 0.3 is 0 Å². The molecule has 0 fully saturated rings. The molecule has 0 radical (unpaired) electrons. The minimum atomic E-state index is -0.400. The molecule has 0 aliphatic carbocycles. The summed E-state index contributed by atoms with van der Waals surface area (Å²) in [4.78, 5) is 11.2. The van der Waals surface area contributed by atoms with Gasteiger partial charge in [-0.1, -0.05) is 12.1 Å². The summed E-state index contributed by atoms with van der Waals surface area (Å²) in [5.41, 5.74) is 2.03. The molecule has 0 unspecified atom stereocenters. The fourth-order valence-electron chi connectivity index (χ4n) is 2.84. The Morgan fingerprint density at radius 3 is 2.54 bits per heavy atom. The fourth-order valence-corrected chi connectivity index (χ4v) is 2.84. The van der Waals surface area contributed by atoms with Gasteiger partial charge < -0.3 is 4.74 Å². The SMILES string of the molecule is COc1ccc(Cn2ncc3cc(-n4cnnc4)cc([N+](=O)[O-])c32)cc1. The number of rotatable bonds is 5. The molecule has 2 heterocycles. The molecule has 0 atom stereocenters. The molecule has 2 aromatic heterocycles. The van der Waals surface area contributed by atoms with Crippen molar-refractivity contribution < 1.29 is 9.66 Å². The highest BCUT2D eigenvalue weighted by molar-refractivity contribution is 5.89. The second-order valence-corrected chi connectivity index (χ2v) is 5.68. The van der Waals surface area contributed by atoms with Crippen LogP contribution in [0.5, 0.6) is 5.75 Å². The van der Waals surface area contributed by atoms with Crippen LogP contribution in [-0.2, 0) is 6.54 Å². The van der Waals surface area contributed by atoms with Crippen LogP contribution >= 0.6 is 0 Å². The van der Waals surface area contributed by atoms with Gasteiger partial charge in [-0.05, 0) is 23.8 Å². The minimum Gasteiger partial charge on any atom is -0.497 e. The smallest absolute Gasteiger partial charge is 0.297 e. The number of non-ortho nitro benzene ring substituents is 1. The van der Waals surface area contributed by atoms with Crippen molar-refractivity contribution in [2.24, 2.45) is 0 Å². The Balaban J connectivity index is 1.79. The Labute approximate surface area is 147 Å². The van der Waals surface area contributed by atoms with Gasteiger partial charge in [-0.3, -0.25) is 19.4 Å². The molecule has 4 rings (SSSR count). The number of nitro benzene ring substituents is 1. The van der Waals surface area contributed by atoms with Crippen LogP contribution in [0, 0.1) is 10.1 Å². The molecule has 130 valence electrons. The molecule has 0 bridgehead atoms. The van der Waals surface area contributed by atoms with Crippen LogP contribution in [0.15, 0.2) is 55.2 Å². The monoisotopic (exact) mass is 350 g/mol. The molecule has 2 aromatic carbocycles. The summed E-state index contributed by atoms with van der Waals surface area (Å²) in [6, 6.07) is 10.8. The maximum absolute atomic E-state index is 11.6. The molecular formula is C17H14N6O3. The maximum Gasteiger partial charge on any atom is 0.297 e. The third-order valence-electron chi connectivity index (χ3n) is 4.10. The average molecular weight is 350 g/mol. The molecule has 26 heavy (non-hydrogen) atoms. The van der Waals surface area contributed by atoms with E-state index in [0.29, 0.717) is 23.1 Å². The largest absolute Gasteiger partial charge is 0.497 e. The van der Waals surface area contributed by atoms with Crippen molar-refractivity contribution in [3.8, 4) is 11.4 Å².